The Balaban J connectivity index is 2.84. The summed E-state index contributed by atoms with van der Waals surface area (Å²) in [5, 5.41) is 0. The molecule has 0 radical (unpaired) electrons. The summed E-state index contributed by atoms with van der Waals surface area (Å²) < 4.78 is 5.47. The van der Waals surface area contributed by atoms with E-state index in [1.54, 1.807) is 18.2 Å². The molecule has 0 aromatic heterocycles. The minimum Gasteiger partial charge on any atom is -0.429 e. The maximum absolute atomic E-state index is 9.85. The third-order valence-corrected chi connectivity index (χ3v) is 1.47. The Labute approximate surface area is 66.9 Å². The van der Waals surface area contributed by atoms with Crippen LogP contribution in [0.3, 0.4) is 0 Å². The Morgan fingerprint density at radius 2 is 2.30 bits per heavy atom. The highest BCUT2D eigenvalue weighted by Gasteiger charge is 1.90. The summed E-state index contributed by atoms with van der Waals surface area (Å²) in [5.74, 6) is 0.546. The van der Waals surface area contributed by atoms with E-state index in [4.69, 9.17) is 0 Å². The SMILES string of the molecule is O=COc1cccc(Br)c1. The van der Waals surface area contributed by atoms with Gasteiger partial charge < -0.3 is 4.74 Å². The van der Waals surface area contributed by atoms with Crippen molar-refractivity contribution in [2.75, 3.05) is 0 Å². The lowest BCUT2D eigenvalue weighted by molar-refractivity contribution is -0.120. The normalized spacial score (nSPS) is 8.90. The first kappa shape index (κ1) is 7.28. The number of hydrogen-bond acceptors (Lipinski definition) is 2. The molecule has 0 saturated carbocycles. The van der Waals surface area contributed by atoms with E-state index in [2.05, 4.69) is 20.7 Å². The molecule has 0 saturated heterocycles. The smallest absolute Gasteiger partial charge is 0.298 e. The van der Waals surface area contributed by atoms with Crippen LogP contribution in [0.15, 0.2) is 28.7 Å². The molecule has 0 aliphatic carbocycles. The van der Waals surface area contributed by atoms with E-state index in [9.17, 15) is 4.79 Å². The molecule has 1 aromatic rings. The van der Waals surface area contributed by atoms with Crippen LogP contribution in [-0.4, -0.2) is 6.47 Å². The molecule has 0 N–H and O–H groups in total. The van der Waals surface area contributed by atoms with Gasteiger partial charge in [0.05, 0.1) is 0 Å². The summed E-state index contributed by atoms with van der Waals surface area (Å²) in [4.78, 5) is 9.85. The number of ether oxygens (including phenoxy) is 1. The molecule has 1 aromatic carbocycles. The molecule has 0 atom stereocenters. The zero-order valence-electron chi connectivity index (χ0n) is 5.08. The van der Waals surface area contributed by atoms with Gasteiger partial charge in [-0.15, -0.1) is 0 Å². The lowest BCUT2D eigenvalue weighted by Gasteiger charge is -1.95. The molecule has 52 valence electrons. The van der Waals surface area contributed by atoms with Gasteiger partial charge in [-0.2, -0.15) is 0 Å². The number of halogens is 1. The van der Waals surface area contributed by atoms with Crippen molar-refractivity contribution in [3.8, 4) is 5.75 Å². The number of hydrogen-bond donors (Lipinski definition) is 0. The Hall–Kier alpha value is -0.830. The average molecular weight is 201 g/mol. The molecular formula is C7H5BrO2. The monoisotopic (exact) mass is 200 g/mol. The average Bonchev–Trinajstić information content (AvgIpc) is 1.88. The van der Waals surface area contributed by atoms with E-state index < -0.39 is 0 Å². The molecule has 3 heteroatoms. The fourth-order valence-corrected chi connectivity index (χ4v) is 0.974. The van der Waals surface area contributed by atoms with Gasteiger partial charge in [-0.05, 0) is 18.2 Å². The minimum absolute atomic E-state index is 0.405. The Bertz CT molecular complexity index is 235. The predicted molar refractivity (Wildman–Crippen MR) is 40.8 cm³/mol. The van der Waals surface area contributed by atoms with Crippen molar-refractivity contribution in [1.29, 1.82) is 0 Å². The van der Waals surface area contributed by atoms with Crippen molar-refractivity contribution in [3.05, 3.63) is 28.7 Å². The van der Waals surface area contributed by atoms with Crippen LogP contribution in [0.25, 0.3) is 0 Å². The van der Waals surface area contributed by atoms with Gasteiger partial charge in [-0.3, -0.25) is 4.79 Å². The predicted octanol–water partition coefficient (Wildman–Crippen LogP) is 1.98. The second-order valence-corrected chi connectivity index (χ2v) is 2.59. The van der Waals surface area contributed by atoms with E-state index in [-0.39, 0.29) is 0 Å². The number of carbonyl (C=O) groups is 1. The van der Waals surface area contributed by atoms with Crippen LogP contribution in [0.4, 0.5) is 0 Å². The van der Waals surface area contributed by atoms with Crippen molar-refractivity contribution in [3.63, 3.8) is 0 Å². The van der Waals surface area contributed by atoms with Crippen LogP contribution in [0.5, 0.6) is 5.75 Å². The maximum atomic E-state index is 9.85. The van der Waals surface area contributed by atoms with E-state index in [0.717, 1.165) is 4.47 Å². The molecule has 0 bridgehead atoms. The van der Waals surface area contributed by atoms with Crippen molar-refractivity contribution < 1.29 is 9.53 Å². The minimum atomic E-state index is 0.405. The lowest BCUT2D eigenvalue weighted by atomic mass is 10.3. The first-order chi connectivity index (χ1) is 4.83. The van der Waals surface area contributed by atoms with Gasteiger partial charge in [-0.1, -0.05) is 22.0 Å². The van der Waals surface area contributed by atoms with E-state index in [1.165, 1.54) is 0 Å². The van der Waals surface area contributed by atoms with Gasteiger partial charge in [0.15, 0.2) is 0 Å². The van der Waals surface area contributed by atoms with E-state index in [0.29, 0.717) is 12.2 Å². The summed E-state index contributed by atoms with van der Waals surface area (Å²) in [6.45, 7) is 0.405. The van der Waals surface area contributed by atoms with Crippen molar-refractivity contribution in [2.45, 2.75) is 0 Å². The first-order valence-corrected chi connectivity index (χ1v) is 3.48. The highest BCUT2D eigenvalue weighted by atomic mass is 79.9. The molecule has 0 heterocycles. The van der Waals surface area contributed by atoms with E-state index in [1.807, 2.05) is 6.07 Å². The highest BCUT2D eigenvalue weighted by molar-refractivity contribution is 9.10. The Morgan fingerprint density at radius 1 is 1.50 bits per heavy atom. The van der Waals surface area contributed by atoms with Crippen LogP contribution in [0.2, 0.25) is 0 Å². The molecule has 0 unspecified atom stereocenters. The van der Waals surface area contributed by atoms with Crippen LogP contribution in [-0.2, 0) is 4.79 Å². The van der Waals surface area contributed by atoms with Crippen LogP contribution >= 0.6 is 15.9 Å². The van der Waals surface area contributed by atoms with Gasteiger partial charge in [0.1, 0.15) is 5.75 Å². The fourth-order valence-electron chi connectivity index (χ4n) is 0.596. The molecule has 0 fully saturated rings. The number of benzene rings is 1. The Kier molecular flexibility index (Phi) is 2.45. The molecule has 1 rings (SSSR count). The maximum Gasteiger partial charge on any atom is 0.298 e. The van der Waals surface area contributed by atoms with Gasteiger partial charge in [0.25, 0.3) is 6.47 Å². The standard InChI is InChI=1S/C7H5BrO2/c8-6-2-1-3-7(4-6)10-5-9/h1-5H. The molecule has 0 aliphatic rings. The second-order valence-electron chi connectivity index (χ2n) is 1.67. The molecular weight excluding hydrogens is 196 g/mol. The van der Waals surface area contributed by atoms with Crippen molar-refractivity contribution in [2.24, 2.45) is 0 Å². The summed E-state index contributed by atoms with van der Waals surface area (Å²) >= 11 is 3.24. The molecule has 0 aliphatic heterocycles. The van der Waals surface area contributed by atoms with Gasteiger partial charge in [0, 0.05) is 4.47 Å². The van der Waals surface area contributed by atoms with Gasteiger partial charge >= 0.3 is 0 Å². The van der Waals surface area contributed by atoms with Crippen molar-refractivity contribution in [1.82, 2.24) is 0 Å². The summed E-state index contributed by atoms with van der Waals surface area (Å²) in [6.07, 6.45) is 0. The summed E-state index contributed by atoms with van der Waals surface area (Å²) in [7, 11) is 0. The van der Waals surface area contributed by atoms with Crippen LogP contribution < -0.4 is 4.74 Å². The Morgan fingerprint density at radius 3 is 2.90 bits per heavy atom. The third-order valence-electron chi connectivity index (χ3n) is 0.980. The third kappa shape index (κ3) is 1.84. The molecule has 10 heavy (non-hydrogen) atoms. The molecule has 0 amide bonds. The van der Waals surface area contributed by atoms with Gasteiger partial charge in [-0.25, -0.2) is 0 Å². The zero-order chi connectivity index (χ0) is 7.40. The van der Waals surface area contributed by atoms with Crippen LogP contribution in [0, 0.1) is 0 Å². The molecule has 2 nitrogen and oxygen atoms in total. The molecule has 0 spiro atoms. The van der Waals surface area contributed by atoms with E-state index >= 15 is 0 Å². The largest absolute Gasteiger partial charge is 0.429 e. The fraction of sp³-hybridized carbons (Fsp3) is 0. The highest BCUT2D eigenvalue weighted by Crippen LogP contribution is 2.16. The lowest BCUT2D eigenvalue weighted by Crippen LogP contribution is -1.86. The van der Waals surface area contributed by atoms with Crippen LogP contribution in [0.1, 0.15) is 0 Å². The topological polar surface area (TPSA) is 26.3 Å². The quantitative estimate of drug-likeness (QED) is 0.683. The second kappa shape index (κ2) is 3.37. The zero-order valence-corrected chi connectivity index (χ0v) is 6.67. The number of carbonyl (C=O) groups excluding carboxylic acids is 1. The van der Waals surface area contributed by atoms with Crippen molar-refractivity contribution >= 4 is 22.4 Å². The summed E-state index contributed by atoms with van der Waals surface area (Å²) in [6, 6.07) is 7.08. The number of rotatable bonds is 2. The summed E-state index contributed by atoms with van der Waals surface area (Å²) in [5.41, 5.74) is 0. The van der Waals surface area contributed by atoms with Gasteiger partial charge in [0.2, 0.25) is 0 Å². The first-order valence-electron chi connectivity index (χ1n) is 2.69.